The van der Waals surface area contributed by atoms with Crippen molar-refractivity contribution in [3.05, 3.63) is 65.0 Å². The summed E-state index contributed by atoms with van der Waals surface area (Å²) in [7, 11) is -3.64. The molecule has 0 atom stereocenters. The van der Waals surface area contributed by atoms with Crippen molar-refractivity contribution >= 4 is 15.7 Å². The molecule has 3 rings (SSSR count). The van der Waals surface area contributed by atoms with E-state index in [1.54, 1.807) is 30.3 Å². The summed E-state index contributed by atoms with van der Waals surface area (Å²) in [5.74, 6) is -0.0238. The van der Waals surface area contributed by atoms with Crippen LogP contribution in [0.15, 0.2) is 47.5 Å². The number of hydrogen-bond acceptors (Lipinski definition) is 4. The molecule has 1 heterocycles. The zero-order valence-corrected chi connectivity index (χ0v) is 15.5. The Kier molecular flexibility index (Phi) is 4.86. The van der Waals surface area contributed by atoms with Crippen LogP contribution in [0.4, 0.5) is 4.39 Å². The minimum absolute atomic E-state index is 0.266. The first-order valence-corrected chi connectivity index (χ1v) is 10.2. The lowest BCUT2D eigenvalue weighted by Crippen LogP contribution is -2.37. The maximum absolute atomic E-state index is 13.3. The van der Waals surface area contributed by atoms with Crippen molar-refractivity contribution in [1.29, 1.82) is 0 Å². The summed E-state index contributed by atoms with van der Waals surface area (Å²) in [5.41, 5.74) is 2.04. The first kappa shape index (κ1) is 18.5. The van der Waals surface area contributed by atoms with Gasteiger partial charge in [-0.05, 0) is 42.0 Å². The zero-order valence-electron chi connectivity index (χ0n) is 14.7. The molecule has 7 heteroatoms. The summed E-state index contributed by atoms with van der Waals surface area (Å²) < 4.78 is 42.3. The predicted molar refractivity (Wildman–Crippen MR) is 99.2 cm³/mol. The van der Waals surface area contributed by atoms with Crippen LogP contribution in [0.3, 0.4) is 0 Å². The van der Waals surface area contributed by atoms with Crippen LogP contribution in [0.25, 0.3) is 0 Å². The molecule has 26 heavy (non-hydrogen) atoms. The second kappa shape index (κ2) is 6.81. The highest BCUT2D eigenvalue weighted by Gasteiger charge is 2.34. The number of sulfonamides is 1. The van der Waals surface area contributed by atoms with Crippen molar-refractivity contribution < 1.29 is 17.5 Å². The highest BCUT2D eigenvalue weighted by Crippen LogP contribution is 2.37. The minimum atomic E-state index is -3.64. The summed E-state index contributed by atoms with van der Waals surface area (Å²) >= 11 is 0. The molecule has 1 aliphatic rings. The summed E-state index contributed by atoms with van der Waals surface area (Å²) in [6, 6.07) is 11.3. The van der Waals surface area contributed by atoms with Gasteiger partial charge in [0.05, 0.1) is 11.5 Å². The average molecular weight is 376 g/mol. The van der Waals surface area contributed by atoms with E-state index in [1.807, 2.05) is 13.8 Å². The Bertz CT molecular complexity index is 949. The molecule has 2 aromatic carbocycles. The van der Waals surface area contributed by atoms with E-state index >= 15 is 0 Å². The molecule has 0 unspecified atom stereocenters. The predicted octanol–water partition coefficient (Wildman–Crippen LogP) is 3.36. The quantitative estimate of drug-likeness (QED) is 0.869. The average Bonchev–Trinajstić information content (AvgIpc) is 2.60. The van der Waals surface area contributed by atoms with Crippen molar-refractivity contribution in [3.63, 3.8) is 0 Å². The fourth-order valence-electron chi connectivity index (χ4n) is 3.04. The lowest BCUT2D eigenvalue weighted by molar-refractivity contribution is 0.0658. The van der Waals surface area contributed by atoms with Gasteiger partial charge in [-0.1, -0.05) is 19.9 Å². The van der Waals surface area contributed by atoms with E-state index in [0.717, 1.165) is 11.1 Å². The number of fused-ring (bicyclic) bond motifs is 1. The molecule has 0 spiro atoms. The number of hydrogen-bond donors (Lipinski definition) is 1. The maximum Gasteiger partial charge on any atom is 0.213 e. The largest absolute Gasteiger partial charge is 0.466 e. The van der Waals surface area contributed by atoms with E-state index in [9.17, 15) is 12.8 Å². The second-order valence-corrected chi connectivity index (χ2v) is 7.97. The summed E-state index contributed by atoms with van der Waals surface area (Å²) in [6.07, 6.45) is 1.29. The van der Waals surface area contributed by atoms with Crippen LogP contribution in [0.2, 0.25) is 0 Å². The van der Waals surface area contributed by atoms with Crippen LogP contribution in [-0.4, -0.2) is 19.9 Å². The number of halogens is 1. The fraction of sp³-hybridized carbons (Fsp3) is 0.316. The Morgan fingerprint density at radius 3 is 2.35 bits per heavy atom. The molecule has 0 aromatic heterocycles. The molecule has 0 saturated carbocycles. The molecule has 0 radical (unpaired) electrons. The minimum Gasteiger partial charge on any atom is -0.466 e. The highest BCUT2D eigenvalue weighted by molar-refractivity contribution is 7.88. The van der Waals surface area contributed by atoms with E-state index < -0.39 is 15.7 Å². The Hall–Kier alpha value is -2.25. The third kappa shape index (κ3) is 3.78. The van der Waals surface area contributed by atoms with Crippen LogP contribution in [0.1, 0.15) is 43.4 Å². The fourth-order valence-corrected chi connectivity index (χ4v) is 3.68. The van der Waals surface area contributed by atoms with Crippen molar-refractivity contribution in [2.24, 2.45) is 10.1 Å². The first-order valence-electron chi connectivity index (χ1n) is 8.44. The molecular weight excluding hydrogens is 355 g/mol. The monoisotopic (exact) mass is 376 g/mol. The van der Waals surface area contributed by atoms with Gasteiger partial charge in [-0.3, -0.25) is 0 Å². The molecule has 0 saturated heterocycles. The molecule has 0 bridgehead atoms. The van der Waals surface area contributed by atoms with E-state index in [-0.39, 0.29) is 11.6 Å². The van der Waals surface area contributed by atoms with Gasteiger partial charge in [0, 0.05) is 24.0 Å². The number of aliphatic imine (C=N–C) groups is 1. The molecule has 0 amide bonds. The zero-order chi connectivity index (χ0) is 18.9. The molecule has 0 fully saturated rings. The number of benzene rings is 2. The smallest absolute Gasteiger partial charge is 0.213 e. The van der Waals surface area contributed by atoms with E-state index in [1.165, 1.54) is 12.1 Å². The van der Waals surface area contributed by atoms with Crippen molar-refractivity contribution in [1.82, 2.24) is 0 Å². The topological polar surface area (TPSA) is 81.8 Å². The van der Waals surface area contributed by atoms with Gasteiger partial charge in [0.1, 0.15) is 11.6 Å². The first-order chi connectivity index (χ1) is 12.3. The number of rotatable bonds is 5. The number of nitrogens with zero attached hydrogens (tertiary/aromatic N) is 1. The molecule has 1 aliphatic heterocycles. The van der Waals surface area contributed by atoms with Gasteiger partial charge in [-0.25, -0.2) is 22.9 Å². The second-order valence-electron chi connectivity index (χ2n) is 6.36. The van der Waals surface area contributed by atoms with Gasteiger partial charge >= 0.3 is 0 Å². The molecule has 2 aromatic rings. The molecular formula is C19H21FN2O3S. The summed E-state index contributed by atoms with van der Waals surface area (Å²) in [5, 5.41) is 5.15. The van der Waals surface area contributed by atoms with Gasteiger partial charge in [0.15, 0.2) is 5.72 Å². The molecule has 138 valence electrons. The van der Waals surface area contributed by atoms with Crippen LogP contribution >= 0.6 is 0 Å². The van der Waals surface area contributed by atoms with Crippen LogP contribution in [-0.2, 0) is 15.8 Å². The Morgan fingerprint density at radius 2 is 1.77 bits per heavy atom. The number of ether oxygens (including phenoxy) is 1. The van der Waals surface area contributed by atoms with Crippen LogP contribution in [0.5, 0.6) is 5.75 Å². The van der Waals surface area contributed by atoms with E-state index in [0.29, 0.717) is 29.9 Å². The number of primary sulfonamides is 1. The van der Waals surface area contributed by atoms with Crippen LogP contribution in [0, 0.1) is 5.82 Å². The standard InChI is InChI=1S/C19H21FN2O3S/c1-3-19(4-2)22-18(14-6-8-15(20)9-7-14)16-10-5-13(11-17(16)25-19)12-26(21,23)24/h5-11H,3-4,12H2,1-2H3,(H2,21,23,24). The molecule has 5 nitrogen and oxygen atoms in total. The summed E-state index contributed by atoms with van der Waals surface area (Å²) in [6.45, 7) is 3.96. The van der Waals surface area contributed by atoms with Gasteiger partial charge in [0.25, 0.3) is 0 Å². The molecule has 0 aliphatic carbocycles. The third-order valence-electron chi connectivity index (χ3n) is 4.51. The van der Waals surface area contributed by atoms with Gasteiger partial charge in [-0.2, -0.15) is 0 Å². The van der Waals surface area contributed by atoms with Gasteiger partial charge in [-0.15, -0.1) is 0 Å². The Morgan fingerprint density at radius 1 is 1.12 bits per heavy atom. The molecule has 2 N–H and O–H groups in total. The lowest BCUT2D eigenvalue weighted by Gasteiger charge is -2.35. The SMILES string of the molecule is CCC1(CC)N=C(c2ccc(F)cc2)c2ccc(CS(N)(=O)=O)cc2O1. The third-order valence-corrected chi connectivity index (χ3v) is 5.24. The summed E-state index contributed by atoms with van der Waals surface area (Å²) in [4.78, 5) is 4.82. The number of nitrogens with two attached hydrogens (primary N) is 1. The van der Waals surface area contributed by atoms with Crippen molar-refractivity contribution in [2.75, 3.05) is 0 Å². The van der Waals surface area contributed by atoms with E-state index in [2.05, 4.69) is 0 Å². The van der Waals surface area contributed by atoms with Crippen molar-refractivity contribution in [2.45, 2.75) is 38.2 Å². The normalized spacial score (nSPS) is 15.8. The lowest BCUT2D eigenvalue weighted by atomic mass is 9.96. The highest BCUT2D eigenvalue weighted by atomic mass is 32.2. The Balaban J connectivity index is 2.14. The van der Waals surface area contributed by atoms with Gasteiger partial charge < -0.3 is 4.74 Å². The maximum atomic E-state index is 13.3. The Labute approximate surface area is 152 Å². The van der Waals surface area contributed by atoms with Gasteiger partial charge in [0.2, 0.25) is 10.0 Å². The van der Waals surface area contributed by atoms with E-state index in [4.69, 9.17) is 14.9 Å². The van der Waals surface area contributed by atoms with Crippen molar-refractivity contribution in [3.8, 4) is 5.75 Å². The van der Waals surface area contributed by atoms with Crippen LogP contribution < -0.4 is 9.88 Å².